The van der Waals surface area contributed by atoms with Gasteiger partial charge in [-0.05, 0) is 100 Å². The van der Waals surface area contributed by atoms with Gasteiger partial charge in [-0.1, -0.05) is 133 Å². The van der Waals surface area contributed by atoms with Crippen molar-refractivity contribution in [2.45, 2.75) is 6.54 Å². The molecule has 0 unspecified atom stereocenters. The fourth-order valence-electron chi connectivity index (χ4n) is 6.50. The molecule has 0 spiro atoms. The summed E-state index contributed by atoms with van der Waals surface area (Å²) in [5.74, 6) is 0. The van der Waals surface area contributed by atoms with Gasteiger partial charge in [0.25, 0.3) is 0 Å². The van der Waals surface area contributed by atoms with Crippen LogP contribution < -0.4 is 5.73 Å². The number of benzene rings is 8. The molecule has 198 valence electrons. The molecule has 0 fully saturated rings. The Morgan fingerprint density at radius 2 is 0.786 bits per heavy atom. The normalized spacial score (nSPS) is 11.5. The highest BCUT2D eigenvalue weighted by Gasteiger charge is 2.18. The summed E-state index contributed by atoms with van der Waals surface area (Å²) in [6, 6.07) is 55.4. The van der Waals surface area contributed by atoms with Crippen molar-refractivity contribution >= 4 is 43.1 Å². The van der Waals surface area contributed by atoms with Crippen molar-refractivity contribution in [2.24, 2.45) is 5.73 Å². The third-order valence-corrected chi connectivity index (χ3v) is 8.62. The van der Waals surface area contributed by atoms with Gasteiger partial charge in [-0.3, -0.25) is 0 Å². The molecule has 0 saturated carbocycles. The predicted octanol–water partition coefficient (Wildman–Crippen LogP) is 10.8. The van der Waals surface area contributed by atoms with Crippen molar-refractivity contribution in [3.05, 3.63) is 157 Å². The zero-order valence-corrected chi connectivity index (χ0v) is 23.2. The van der Waals surface area contributed by atoms with Crippen molar-refractivity contribution in [1.82, 2.24) is 0 Å². The van der Waals surface area contributed by atoms with E-state index in [9.17, 15) is 0 Å². The van der Waals surface area contributed by atoms with Gasteiger partial charge in [-0.25, -0.2) is 0 Å². The molecule has 8 aromatic carbocycles. The number of hydrogen-bond donors (Lipinski definition) is 1. The molecule has 0 aliphatic heterocycles. The summed E-state index contributed by atoms with van der Waals surface area (Å²) in [5, 5.41) is 10.1. The van der Waals surface area contributed by atoms with Gasteiger partial charge in [0.15, 0.2) is 0 Å². The van der Waals surface area contributed by atoms with Crippen LogP contribution in [0.4, 0.5) is 0 Å². The van der Waals surface area contributed by atoms with Gasteiger partial charge >= 0.3 is 0 Å². The van der Waals surface area contributed by atoms with Gasteiger partial charge in [0.2, 0.25) is 0 Å². The molecule has 0 aromatic heterocycles. The van der Waals surface area contributed by atoms with Gasteiger partial charge < -0.3 is 5.73 Å². The largest absolute Gasteiger partial charge is 0.326 e. The molecule has 0 bridgehead atoms. The molecule has 0 atom stereocenters. The Kier molecular flexibility index (Phi) is 5.84. The molecule has 0 heterocycles. The molecule has 0 aliphatic rings. The zero-order valence-electron chi connectivity index (χ0n) is 23.2. The number of fused-ring (bicyclic) bond motifs is 4. The Bertz CT molecular complexity index is 2280. The number of rotatable bonds is 4. The van der Waals surface area contributed by atoms with E-state index in [1.165, 1.54) is 76.5 Å². The Labute approximate surface area is 245 Å². The second-order valence-corrected chi connectivity index (χ2v) is 11.1. The number of nitrogens with two attached hydrogens (primary N) is 1. The second-order valence-electron chi connectivity index (χ2n) is 11.1. The lowest BCUT2D eigenvalue weighted by atomic mass is 9.84. The lowest BCUT2D eigenvalue weighted by molar-refractivity contribution is 1.07. The van der Waals surface area contributed by atoms with E-state index < -0.39 is 0 Å². The van der Waals surface area contributed by atoms with Crippen LogP contribution in [0.2, 0.25) is 0 Å². The maximum Gasteiger partial charge on any atom is 0.0178 e. The first-order chi connectivity index (χ1) is 20.8. The van der Waals surface area contributed by atoms with E-state index in [-0.39, 0.29) is 0 Å². The first kappa shape index (κ1) is 24.5. The highest BCUT2D eigenvalue weighted by molar-refractivity contribution is 6.22. The Morgan fingerprint density at radius 3 is 1.36 bits per heavy atom. The molecule has 1 heteroatoms. The number of hydrogen-bond acceptors (Lipinski definition) is 1. The van der Waals surface area contributed by atoms with Gasteiger partial charge in [0, 0.05) is 6.54 Å². The minimum atomic E-state index is 0.547. The summed E-state index contributed by atoms with van der Waals surface area (Å²) in [6.45, 7) is 0.547. The minimum Gasteiger partial charge on any atom is -0.326 e. The maximum atomic E-state index is 5.90. The average Bonchev–Trinajstić information content (AvgIpc) is 3.06. The minimum absolute atomic E-state index is 0.547. The summed E-state index contributed by atoms with van der Waals surface area (Å²) >= 11 is 0. The van der Waals surface area contributed by atoms with Gasteiger partial charge in [-0.15, -0.1) is 0 Å². The average molecular weight is 536 g/mol. The molecular weight excluding hydrogens is 506 g/mol. The summed E-state index contributed by atoms with van der Waals surface area (Å²) in [5.41, 5.74) is 14.5. The van der Waals surface area contributed by atoms with Crippen molar-refractivity contribution in [3.8, 4) is 33.4 Å². The third kappa shape index (κ3) is 4.06. The molecule has 0 radical (unpaired) electrons. The van der Waals surface area contributed by atoms with E-state index in [0.717, 1.165) is 5.56 Å². The monoisotopic (exact) mass is 535 g/mol. The summed E-state index contributed by atoms with van der Waals surface area (Å²) in [4.78, 5) is 0. The quantitative estimate of drug-likeness (QED) is 0.223. The Balaban J connectivity index is 1.48. The SMILES string of the molecule is NCc1ccc(-c2ccc3c(-c4ccc5ccccc5c4)c4ccccc4c(-c4ccc5ccccc5c4)c3c2)cc1. The van der Waals surface area contributed by atoms with E-state index in [1.807, 2.05) is 0 Å². The molecule has 8 rings (SSSR count). The smallest absolute Gasteiger partial charge is 0.0178 e. The summed E-state index contributed by atoms with van der Waals surface area (Å²) < 4.78 is 0. The van der Waals surface area contributed by atoms with E-state index >= 15 is 0 Å². The second kappa shape index (κ2) is 9.99. The first-order valence-corrected chi connectivity index (χ1v) is 14.5. The van der Waals surface area contributed by atoms with Gasteiger partial charge in [0.05, 0.1) is 0 Å². The summed E-state index contributed by atoms with van der Waals surface area (Å²) in [7, 11) is 0. The van der Waals surface area contributed by atoms with Crippen molar-refractivity contribution in [3.63, 3.8) is 0 Å². The Morgan fingerprint density at radius 1 is 0.333 bits per heavy atom. The molecule has 42 heavy (non-hydrogen) atoms. The summed E-state index contributed by atoms with van der Waals surface area (Å²) in [6.07, 6.45) is 0. The van der Waals surface area contributed by atoms with Crippen LogP contribution in [0.15, 0.2) is 152 Å². The molecular formula is C41H29N. The van der Waals surface area contributed by atoms with Crippen molar-refractivity contribution in [2.75, 3.05) is 0 Å². The van der Waals surface area contributed by atoms with Crippen LogP contribution >= 0.6 is 0 Å². The molecule has 8 aromatic rings. The first-order valence-electron chi connectivity index (χ1n) is 14.5. The highest BCUT2D eigenvalue weighted by atomic mass is 14.5. The van der Waals surface area contributed by atoms with Crippen LogP contribution in [0, 0.1) is 0 Å². The fraction of sp³-hybridized carbons (Fsp3) is 0.0244. The van der Waals surface area contributed by atoms with Gasteiger partial charge in [0.1, 0.15) is 0 Å². The predicted molar refractivity (Wildman–Crippen MR) is 181 cm³/mol. The van der Waals surface area contributed by atoms with E-state index in [2.05, 4.69) is 152 Å². The lowest BCUT2D eigenvalue weighted by Gasteiger charge is -2.19. The molecule has 0 saturated heterocycles. The maximum absolute atomic E-state index is 5.90. The van der Waals surface area contributed by atoms with Crippen LogP contribution in [0.3, 0.4) is 0 Å². The Hall–Kier alpha value is -5.24. The standard InChI is InChI=1S/C41H29N/c42-26-27-13-15-30(16-14-27)33-21-22-38-39(25-33)41(35-20-18-29-8-2-4-10-32(29)24-35)37-12-6-5-11-36(37)40(38)34-19-17-28-7-1-3-9-31(28)23-34/h1-25H,26,42H2. The van der Waals surface area contributed by atoms with Crippen LogP contribution in [0.25, 0.3) is 76.5 Å². The van der Waals surface area contributed by atoms with Crippen molar-refractivity contribution < 1.29 is 0 Å². The van der Waals surface area contributed by atoms with Crippen molar-refractivity contribution in [1.29, 1.82) is 0 Å². The van der Waals surface area contributed by atoms with Crippen LogP contribution in [-0.2, 0) is 6.54 Å². The van der Waals surface area contributed by atoms with Gasteiger partial charge in [-0.2, -0.15) is 0 Å². The lowest BCUT2D eigenvalue weighted by Crippen LogP contribution is -1.95. The third-order valence-electron chi connectivity index (χ3n) is 8.62. The van der Waals surface area contributed by atoms with E-state index in [4.69, 9.17) is 5.73 Å². The highest BCUT2D eigenvalue weighted by Crippen LogP contribution is 2.45. The molecule has 0 amide bonds. The van der Waals surface area contributed by atoms with Crippen LogP contribution in [0.5, 0.6) is 0 Å². The zero-order chi connectivity index (χ0) is 28.0. The topological polar surface area (TPSA) is 26.0 Å². The van der Waals surface area contributed by atoms with Crippen LogP contribution in [0.1, 0.15) is 5.56 Å². The van der Waals surface area contributed by atoms with E-state index in [1.54, 1.807) is 0 Å². The van der Waals surface area contributed by atoms with Crippen LogP contribution in [-0.4, -0.2) is 0 Å². The fourth-order valence-corrected chi connectivity index (χ4v) is 6.50. The molecule has 1 nitrogen and oxygen atoms in total. The molecule has 2 N–H and O–H groups in total. The van der Waals surface area contributed by atoms with E-state index in [0.29, 0.717) is 6.54 Å². The molecule has 0 aliphatic carbocycles.